The van der Waals surface area contributed by atoms with E-state index >= 15 is 0 Å². The van der Waals surface area contributed by atoms with E-state index < -0.39 is 17.6 Å². The molecule has 4 rings (SSSR count). The van der Waals surface area contributed by atoms with E-state index in [1.165, 1.54) is 35.2 Å². The fraction of sp³-hybridized carbons (Fsp3) is 0.444. The first-order valence-electron chi connectivity index (χ1n) is 9.42. The van der Waals surface area contributed by atoms with E-state index in [0.29, 0.717) is 15.8 Å². The fourth-order valence-electron chi connectivity index (χ4n) is 3.63. The summed E-state index contributed by atoms with van der Waals surface area (Å²) in [5.41, 5.74) is 5.04. The zero-order valence-electron chi connectivity index (χ0n) is 16.0. The Hall–Kier alpha value is -2.89. The van der Waals surface area contributed by atoms with Crippen molar-refractivity contribution in [2.75, 3.05) is 11.1 Å². The minimum absolute atomic E-state index is 0.0223. The number of anilines is 2. The van der Waals surface area contributed by atoms with Gasteiger partial charge in [-0.25, -0.2) is 14.5 Å². The number of fused-ring (bicyclic) bond motifs is 1. The molecule has 4 N–H and O–H groups in total. The number of nitrogens with two attached hydrogens (primary N) is 1. The molecule has 3 heterocycles. The minimum Gasteiger partial charge on any atom is -0.383 e. The summed E-state index contributed by atoms with van der Waals surface area (Å²) in [5, 5.41) is 11.4. The first kappa shape index (κ1) is 20.4. The molecule has 0 spiro atoms. The quantitative estimate of drug-likeness (QED) is 0.575. The lowest BCUT2D eigenvalue weighted by Gasteiger charge is -2.29. The summed E-state index contributed by atoms with van der Waals surface area (Å²) in [4.78, 5) is 19.7. The molecule has 0 atom stereocenters. The maximum atomic E-state index is 13.2. The van der Waals surface area contributed by atoms with Crippen LogP contribution in [0, 0.1) is 0 Å². The molecular weight excluding hydrogens is 419 g/mol. The summed E-state index contributed by atoms with van der Waals surface area (Å²) in [6.07, 6.45) is 1.68. The first-order chi connectivity index (χ1) is 14.2. The largest absolute Gasteiger partial charge is 0.419 e. The average molecular weight is 439 g/mol. The second-order valence-electron chi connectivity index (χ2n) is 7.29. The van der Waals surface area contributed by atoms with Crippen LogP contribution in [0.3, 0.4) is 0 Å². The van der Waals surface area contributed by atoms with Crippen LogP contribution in [0.15, 0.2) is 18.5 Å². The van der Waals surface area contributed by atoms with Gasteiger partial charge < -0.3 is 16.4 Å². The third-order valence-corrected chi connectivity index (χ3v) is 5.92. The SMILES string of the molecule is CC(=O)N[C@H]1CC[C@H](Nc2nn3c(-c4cnc(N)c(C(F)(F)F)c4)cnc3s2)CC1. The Bertz CT molecular complexity index is 1070. The van der Waals surface area contributed by atoms with Gasteiger partial charge in [-0.15, -0.1) is 5.10 Å². The van der Waals surface area contributed by atoms with Crippen molar-refractivity contribution in [3.8, 4) is 11.3 Å². The number of amides is 1. The van der Waals surface area contributed by atoms with E-state index in [4.69, 9.17) is 5.73 Å². The normalized spacial score (nSPS) is 19.7. The zero-order chi connectivity index (χ0) is 21.5. The van der Waals surface area contributed by atoms with Crippen molar-refractivity contribution in [2.24, 2.45) is 0 Å². The highest BCUT2D eigenvalue weighted by Crippen LogP contribution is 2.36. The molecule has 12 heteroatoms. The highest BCUT2D eigenvalue weighted by molar-refractivity contribution is 7.20. The van der Waals surface area contributed by atoms with Crippen molar-refractivity contribution in [3.05, 3.63) is 24.0 Å². The molecule has 0 bridgehead atoms. The Morgan fingerprint density at radius 2 is 1.90 bits per heavy atom. The van der Waals surface area contributed by atoms with Gasteiger partial charge >= 0.3 is 6.18 Å². The Labute approximate surface area is 173 Å². The second-order valence-corrected chi connectivity index (χ2v) is 8.25. The van der Waals surface area contributed by atoms with E-state index in [2.05, 4.69) is 25.7 Å². The molecule has 160 valence electrons. The molecule has 1 aliphatic carbocycles. The Morgan fingerprint density at radius 3 is 2.57 bits per heavy atom. The zero-order valence-corrected chi connectivity index (χ0v) is 16.8. The van der Waals surface area contributed by atoms with Crippen molar-refractivity contribution in [3.63, 3.8) is 0 Å². The average Bonchev–Trinajstić information content (AvgIpc) is 3.23. The molecule has 0 aliphatic heterocycles. The Kier molecular flexibility index (Phi) is 5.26. The monoisotopic (exact) mass is 439 g/mol. The number of rotatable bonds is 4. The molecule has 3 aromatic heterocycles. The van der Waals surface area contributed by atoms with Gasteiger partial charge in [-0.1, -0.05) is 11.3 Å². The molecule has 0 saturated heterocycles. The number of halogens is 3. The number of imidazole rings is 1. The van der Waals surface area contributed by atoms with Gasteiger partial charge in [0.15, 0.2) is 0 Å². The molecule has 0 unspecified atom stereocenters. The molecule has 0 aromatic carbocycles. The van der Waals surface area contributed by atoms with Gasteiger partial charge in [-0.2, -0.15) is 13.2 Å². The smallest absolute Gasteiger partial charge is 0.383 e. The van der Waals surface area contributed by atoms with Gasteiger partial charge in [0.1, 0.15) is 5.82 Å². The van der Waals surface area contributed by atoms with Gasteiger partial charge in [0.2, 0.25) is 16.0 Å². The molecule has 8 nitrogen and oxygen atoms in total. The number of alkyl halides is 3. The Balaban J connectivity index is 1.52. The van der Waals surface area contributed by atoms with Crippen molar-refractivity contribution in [1.29, 1.82) is 0 Å². The number of nitrogen functional groups attached to an aromatic ring is 1. The molecular formula is C18H20F3N7OS. The highest BCUT2D eigenvalue weighted by atomic mass is 32.1. The predicted octanol–water partition coefficient (Wildman–Crippen LogP) is 3.31. The topological polar surface area (TPSA) is 110 Å². The van der Waals surface area contributed by atoms with Crippen molar-refractivity contribution in [2.45, 2.75) is 50.9 Å². The second kappa shape index (κ2) is 7.74. The lowest BCUT2D eigenvalue weighted by atomic mass is 9.91. The number of carbonyl (C=O) groups is 1. The van der Waals surface area contributed by atoms with Crippen molar-refractivity contribution < 1.29 is 18.0 Å². The van der Waals surface area contributed by atoms with Crippen LogP contribution in [0.5, 0.6) is 0 Å². The van der Waals surface area contributed by atoms with E-state index in [1.807, 2.05) is 0 Å². The number of carbonyl (C=O) groups excluding carboxylic acids is 1. The molecule has 1 fully saturated rings. The molecule has 30 heavy (non-hydrogen) atoms. The summed E-state index contributed by atoms with van der Waals surface area (Å²) in [7, 11) is 0. The van der Waals surface area contributed by atoms with Crippen molar-refractivity contribution in [1.82, 2.24) is 24.9 Å². The van der Waals surface area contributed by atoms with Crippen LogP contribution in [-0.2, 0) is 11.0 Å². The minimum atomic E-state index is -4.60. The molecule has 1 saturated carbocycles. The summed E-state index contributed by atoms with van der Waals surface area (Å²) >= 11 is 1.32. The standard InChI is InChI=1S/C18H20F3N7OS/c1-9(29)25-11-2-4-12(5-3-11)26-16-27-28-14(8-24-17(28)30-16)10-6-13(18(19,20)21)15(22)23-7-10/h6-8,11-12H,2-5H2,1H3,(H2,22,23)(H,25,29)(H,26,27)/t11-,12-. The van der Waals surface area contributed by atoms with Gasteiger partial charge in [-0.05, 0) is 31.7 Å². The number of aromatic nitrogens is 4. The van der Waals surface area contributed by atoms with E-state index in [0.717, 1.165) is 31.7 Å². The van der Waals surface area contributed by atoms with Crippen LogP contribution in [0.2, 0.25) is 0 Å². The lowest BCUT2D eigenvalue weighted by molar-refractivity contribution is -0.137. The van der Waals surface area contributed by atoms with Crippen LogP contribution in [0.4, 0.5) is 24.1 Å². The Morgan fingerprint density at radius 1 is 1.20 bits per heavy atom. The molecule has 0 radical (unpaired) electrons. The van der Waals surface area contributed by atoms with Crippen LogP contribution in [0.25, 0.3) is 16.2 Å². The van der Waals surface area contributed by atoms with E-state index in [-0.39, 0.29) is 23.6 Å². The summed E-state index contributed by atoms with van der Waals surface area (Å²) in [6, 6.07) is 1.37. The van der Waals surface area contributed by atoms with Gasteiger partial charge in [0.05, 0.1) is 17.5 Å². The van der Waals surface area contributed by atoms with Crippen LogP contribution >= 0.6 is 11.3 Å². The van der Waals surface area contributed by atoms with Crippen molar-refractivity contribution >= 4 is 33.2 Å². The first-order valence-corrected chi connectivity index (χ1v) is 10.2. The lowest BCUT2D eigenvalue weighted by Crippen LogP contribution is -2.39. The maximum absolute atomic E-state index is 13.2. The third-order valence-electron chi connectivity index (χ3n) is 5.07. The van der Waals surface area contributed by atoms with E-state index in [1.54, 1.807) is 0 Å². The summed E-state index contributed by atoms with van der Waals surface area (Å²) < 4.78 is 41.0. The highest BCUT2D eigenvalue weighted by Gasteiger charge is 2.34. The number of hydrogen-bond donors (Lipinski definition) is 3. The van der Waals surface area contributed by atoms with Crippen LogP contribution < -0.4 is 16.4 Å². The van der Waals surface area contributed by atoms with Crippen LogP contribution in [-0.4, -0.2) is 37.6 Å². The predicted molar refractivity (Wildman–Crippen MR) is 107 cm³/mol. The summed E-state index contributed by atoms with van der Waals surface area (Å²) in [6.45, 7) is 1.52. The maximum Gasteiger partial charge on any atom is 0.419 e. The van der Waals surface area contributed by atoms with Gasteiger partial charge in [0, 0.05) is 30.8 Å². The fourth-order valence-corrected chi connectivity index (χ4v) is 4.49. The molecule has 3 aromatic rings. The van der Waals surface area contributed by atoms with Gasteiger partial charge in [-0.3, -0.25) is 4.79 Å². The van der Waals surface area contributed by atoms with Gasteiger partial charge in [0.25, 0.3) is 0 Å². The number of hydrogen-bond acceptors (Lipinski definition) is 7. The number of nitrogens with one attached hydrogen (secondary N) is 2. The number of pyridine rings is 1. The molecule has 1 aliphatic rings. The summed E-state index contributed by atoms with van der Waals surface area (Å²) in [5.74, 6) is -0.589. The van der Waals surface area contributed by atoms with E-state index in [9.17, 15) is 18.0 Å². The third kappa shape index (κ3) is 4.18. The number of nitrogens with zero attached hydrogens (tertiary/aromatic N) is 4. The van der Waals surface area contributed by atoms with Crippen LogP contribution in [0.1, 0.15) is 38.2 Å². The molecule has 1 amide bonds.